The van der Waals surface area contributed by atoms with Crippen LogP contribution >= 0.6 is 11.6 Å². The largest absolute Gasteiger partial charge is 0.387 e. The van der Waals surface area contributed by atoms with Crippen molar-refractivity contribution in [2.24, 2.45) is 0 Å². The first-order chi connectivity index (χ1) is 8.25. The summed E-state index contributed by atoms with van der Waals surface area (Å²) in [4.78, 5) is 0. The molecule has 0 amide bonds. The third-order valence-corrected chi connectivity index (χ3v) is 3.38. The Hall–Kier alpha value is -1.10. The van der Waals surface area contributed by atoms with Gasteiger partial charge in [0.15, 0.2) is 0 Å². The van der Waals surface area contributed by atoms with Gasteiger partial charge in [0.1, 0.15) is 5.15 Å². The quantitative estimate of drug-likeness (QED) is 0.779. The van der Waals surface area contributed by atoms with Gasteiger partial charge in [-0.2, -0.15) is 5.10 Å². The molecule has 1 saturated carbocycles. The topological polar surface area (TPSA) is 60.9 Å². The van der Waals surface area contributed by atoms with E-state index in [9.17, 15) is 5.11 Å². The van der Waals surface area contributed by atoms with Crippen LogP contribution in [0.25, 0.3) is 10.9 Å². The van der Waals surface area contributed by atoms with Crippen LogP contribution in [0.5, 0.6) is 0 Å². The van der Waals surface area contributed by atoms with Gasteiger partial charge < -0.3 is 10.4 Å². The summed E-state index contributed by atoms with van der Waals surface area (Å²) in [5, 5.41) is 21.6. The average Bonchev–Trinajstić information content (AvgIpc) is 3.10. The number of hydrogen-bond acceptors (Lipinski definition) is 3. The lowest BCUT2D eigenvalue weighted by Crippen LogP contribution is -2.23. The van der Waals surface area contributed by atoms with E-state index < -0.39 is 6.10 Å². The number of aliphatic hydroxyl groups is 1. The minimum absolute atomic E-state index is 0.487. The molecule has 1 aromatic heterocycles. The lowest BCUT2D eigenvalue weighted by atomic mass is 10.1. The van der Waals surface area contributed by atoms with Crippen molar-refractivity contribution in [3.05, 3.63) is 28.9 Å². The Morgan fingerprint density at radius 2 is 2.35 bits per heavy atom. The smallest absolute Gasteiger partial charge is 0.132 e. The molecule has 17 heavy (non-hydrogen) atoms. The number of nitrogens with zero attached hydrogens (tertiary/aromatic N) is 1. The van der Waals surface area contributed by atoms with E-state index in [1.165, 1.54) is 12.8 Å². The summed E-state index contributed by atoms with van der Waals surface area (Å²) in [6.45, 7) is 0.561. The SMILES string of the molecule is O[C@@H](CNC1CC1)c1cccc2n[nH]c(Cl)c12. The summed E-state index contributed by atoms with van der Waals surface area (Å²) in [6, 6.07) is 6.24. The third-order valence-electron chi connectivity index (χ3n) is 3.10. The Balaban J connectivity index is 1.89. The van der Waals surface area contributed by atoms with Gasteiger partial charge in [-0.05, 0) is 24.5 Å². The molecule has 4 nitrogen and oxygen atoms in total. The van der Waals surface area contributed by atoms with E-state index in [2.05, 4.69) is 15.5 Å². The van der Waals surface area contributed by atoms with Crippen LogP contribution in [0.3, 0.4) is 0 Å². The van der Waals surface area contributed by atoms with Crippen LogP contribution in [0.15, 0.2) is 18.2 Å². The third kappa shape index (κ3) is 2.16. The molecule has 0 radical (unpaired) electrons. The Bertz CT molecular complexity index is 536. The van der Waals surface area contributed by atoms with Crippen molar-refractivity contribution >= 4 is 22.5 Å². The number of benzene rings is 1. The Morgan fingerprint density at radius 1 is 1.53 bits per heavy atom. The highest BCUT2D eigenvalue weighted by atomic mass is 35.5. The standard InChI is InChI=1S/C12H14ClN3O/c13-12-11-8(2-1-3-9(11)15-16-12)10(17)6-14-7-4-5-7/h1-3,7,10,14,17H,4-6H2,(H,15,16)/t10-/m0/s1. The van der Waals surface area contributed by atoms with E-state index >= 15 is 0 Å². The van der Waals surface area contributed by atoms with Gasteiger partial charge in [-0.3, -0.25) is 5.10 Å². The molecule has 3 rings (SSSR count). The molecule has 90 valence electrons. The van der Waals surface area contributed by atoms with Crippen molar-refractivity contribution in [2.45, 2.75) is 25.0 Å². The number of nitrogens with one attached hydrogen (secondary N) is 2. The molecule has 0 aliphatic heterocycles. The molecular formula is C12H14ClN3O. The molecule has 0 bridgehead atoms. The normalized spacial score (nSPS) is 17.5. The maximum absolute atomic E-state index is 10.2. The van der Waals surface area contributed by atoms with Crippen LogP contribution in [0, 0.1) is 0 Å². The minimum Gasteiger partial charge on any atom is -0.387 e. The van der Waals surface area contributed by atoms with Crippen LogP contribution in [-0.4, -0.2) is 27.9 Å². The first-order valence-corrected chi connectivity index (χ1v) is 6.17. The number of aromatic nitrogens is 2. The van der Waals surface area contributed by atoms with Crippen molar-refractivity contribution in [3.8, 4) is 0 Å². The van der Waals surface area contributed by atoms with Crippen LogP contribution in [0.1, 0.15) is 24.5 Å². The number of rotatable bonds is 4. The molecule has 5 heteroatoms. The van der Waals surface area contributed by atoms with Crippen LogP contribution in [0.2, 0.25) is 5.15 Å². The first kappa shape index (κ1) is 11.0. The van der Waals surface area contributed by atoms with Gasteiger partial charge in [0.25, 0.3) is 0 Å². The first-order valence-electron chi connectivity index (χ1n) is 5.79. The molecule has 1 heterocycles. The zero-order chi connectivity index (χ0) is 11.8. The van der Waals surface area contributed by atoms with Crippen LogP contribution in [0.4, 0.5) is 0 Å². The Labute approximate surface area is 104 Å². The summed E-state index contributed by atoms with van der Waals surface area (Å²) in [6.07, 6.45) is 1.88. The molecule has 1 aromatic carbocycles. The molecule has 0 spiro atoms. The van der Waals surface area contributed by atoms with Gasteiger partial charge in [0, 0.05) is 18.0 Å². The predicted molar refractivity (Wildman–Crippen MR) is 67.1 cm³/mol. The average molecular weight is 252 g/mol. The summed E-state index contributed by atoms with van der Waals surface area (Å²) in [7, 11) is 0. The highest BCUT2D eigenvalue weighted by Crippen LogP contribution is 2.29. The van der Waals surface area contributed by atoms with Crippen LogP contribution < -0.4 is 5.32 Å². The highest BCUT2D eigenvalue weighted by Gasteiger charge is 2.22. The van der Waals surface area contributed by atoms with Gasteiger partial charge in [0.05, 0.1) is 11.6 Å². The summed E-state index contributed by atoms with van der Waals surface area (Å²) in [5.41, 5.74) is 1.62. The lowest BCUT2D eigenvalue weighted by molar-refractivity contribution is 0.176. The molecule has 1 aliphatic rings. The number of H-pyrrole nitrogens is 1. The zero-order valence-corrected chi connectivity index (χ0v) is 10.0. The molecule has 0 saturated heterocycles. The maximum Gasteiger partial charge on any atom is 0.132 e. The van der Waals surface area contributed by atoms with E-state index in [1.54, 1.807) is 0 Å². The van der Waals surface area contributed by atoms with Crippen molar-refractivity contribution < 1.29 is 5.11 Å². The number of hydrogen-bond donors (Lipinski definition) is 3. The molecular weight excluding hydrogens is 238 g/mol. The number of halogens is 1. The molecule has 1 fully saturated rings. The van der Waals surface area contributed by atoms with Gasteiger partial charge in [-0.25, -0.2) is 0 Å². The molecule has 1 aliphatic carbocycles. The molecule has 1 atom stereocenters. The van der Waals surface area contributed by atoms with Gasteiger partial charge in [-0.15, -0.1) is 0 Å². The second-order valence-electron chi connectivity index (χ2n) is 4.48. The molecule has 2 aromatic rings. The molecule has 0 unspecified atom stereocenters. The predicted octanol–water partition coefficient (Wildman–Crippen LogP) is 2.00. The van der Waals surface area contributed by atoms with Gasteiger partial charge in [0.2, 0.25) is 0 Å². The summed E-state index contributed by atoms with van der Waals surface area (Å²) in [5.74, 6) is 0. The fourth-order valence-corrected chi connectivity index (χ4v) is 2.26. The Kier molecular flexibility index (Phi) is 2.78. The van der Waals surface area contributed by atoms with Crippen molar-refractivity contribution in [2.75, 3.05) is 6.54 Å². The second-order valence-corrected chi connectivity index (χ2v) is 4.86. The Morgan fingerprint density at radius 3 is 3.12 bits per heavy atom. The van der Waals surface area contributed by atoms with Crippen molar-refractivity contribution in [1.29, 1.82) is 0 Å². The minimum atomic E-state index is -0.547. The summed E-state index contributed by atoms with van der Waals surface area (Å²) < 4.78 is 0. The fourth-order valence-electron chi connectivity index (χ4n) is 2.01. The van der Waals surface area contributed by atoms with Gasteiger partial charge >= 0.3 is 0 Å². The van der Waals surface area contributed by atoms with Gasteiger partial charge in [-0.1, -0.05) is 23.7 Å². The van der Waals surface area contributed by atoms with Crippen molar-refractivity contribution in [3.63, 3.8) is 0 Å². The number of aliphatic hydroxyl groups excluding tert-OH is 1. The van der Waals surface area contributed by atoms with E-state index in [-0.39, 0.29) is 0 Å². The van der Waals surface area contributed by atoms with E-state index in [0.717, 1.165) is 16.5 Å². The van der Waals surface area contributed by atoms with E-state index in [0.29, 0.717) is 17.7 Å². The molecule has 3 N–H and O–H groups in total. The monoisotopic (exact) mass is 251 g/mol. The fraction of sp³-hybridized carbons (Fsp3) is 0.417. The van der Waals surface area contributed by atoms with E-state index in [1.807, 2.05) is 18.2 Å². The zero-order valence-electron chi connectivity index (χ0n) is 9.28. The second kappa shape index (κ2) is 4.29. The van der Waals surface area contributed by atoms with Crippen molar-refractivity contribution in [1.82, 2.24) is 15.5 Å². The van der Waals surface area contributed by atoms with Crippen LogP contribution in [-0.2, 0) is 0 Å². The number of fused-ring (bicyclic) bond motifs is 1. The summed E-state index contributed by atoms with van der Waals surface area (Å²) >= 11 is 6.05. The number of aromatic amines is 1. The maximum atomic E-state index is 10.2. The lowest BCUT2D eigenvalue weighted by Gasteiger charge is -2.12. The highest BCUT2D eigenvalue weighted by molar-refractivity contribution is 6.34. The van der Waals surface area contributed by atoms with E-state index in [4.69, 9.17) is 11.6 Å².